The van der Waals surface area contributed by atoms with Gasteiger partial charge in [0.25, 0.3) is 5.56 Å². The van der Waals surface area contributed by atoms with Gasteiger partial charge in [0.2, 0.25) is 0 Å². The zero-order chi connectivity index (χ0) is 24.5. The van der Waals surface area contributed by atoms with Crippen molar-refractivity contribution >= 4 is 56.6 Å². The van der Waals surface area contributed by atoms with Gasteiger partial charge < -0.3 is 9.15 Å². The van der Waals surface area contributed by atoms with E-state index < -0.39 is 12.0 Å². The van der Waals surface area contributed by atoms with Gasteiger partial charge in [-0.2, -0.15) is 0 Å². The Morgan fingerprint density at radius 3 is 2.57 bits per heavy atom. The molecule has 0 N–H and O–H groups in total. The summed E-state index contributed by atoms with van der Waals surface area (Å²) in [7, 11) is 0. The van der Waals surface area contributed by atoms with Gasteiger partial charge in [-0.1, -0.05) is 65.4 Å². The summed E-state index contributed by atoms with van der Waals surface area (Å²) in [6.07, 6.45) is 1.67. The minimum absolute atomic E-state index is 0.190. The molecule has 2 aromatic carbocycles. The van der Waals surface area contributed by atoms with Crippen LogP contribution in [-0.4, -0.2) is 17.1 Å². The first-order valence-corrected chi connectivity index (χ1v) is 12.7. The van der Waals surface area contributed by atoms with E-state index in [0.29, 0.717) is 41.6 Å². The smallest absolute Gasteiger partial charge is 0.338 e. The van der Waals surface area contributed by atoms with E-state index in [1.165, 1.54) is 15.9 Å². The molecule has 35 heavy (non-hydrogen) atoms. The molecule has 176 valence electrons. The van der Waals surface area contributed by atoms with E-state index in [4.69, 9.17) is 25.7 Å². The SMILES string of the molecule is CCOC(=O)C1=C(c2ccccc2)N=c2s/c(=C\c3ccc(Br)o3)c(=O)n2C1c1ccc(Cl)cc1. The van der Waals surface area contributed by atoms with E-state index in [1.807, 2.05) is 30.3 Å². The average molecular weight is 570 g/mol. The first-order chi connectivity index (χ1) is 17.0. The van der Waals surface area contributed by atoms with Crippen molar-refractivity contribution < 1.29 is 13.9 Å². The van der Waals surface area contributed by atoms with Crippen molar-refractivity contribution in [3.63, 3.8) is 0 Å². The van der Waals surface area contributed by atoms with Gasteiger partial charge in [0, 0.05) is 16.7 Å². The number of esters is 1. The van der Waals surface area contributed by atoms with Crippen molar-refractivity contribution in [3.05, 3.63) is 119 Å². The molecule has 5 rings (SSSR count). The van der Waals surface area contributed by atoms with Crippen molar-refractivity contribution in [3.8, 4) is 0 Å². The highest BCUT2D eigenvalue weighted by molar-refractivity contribution is 9.10. The summed E-state index contributed by atoms with van der Waals surface area (Å²) in [5.74, 6) is -0.00243. The van der Waals surface area contributed by atoms with Crippen molar-refractivity contribution in [1.29, 1.82) is 0 Å². The molecule has 0 saturated heterocycles. The summed E-state index contributed by atoms with van der Waals surface area (Å²) >= 11 is 10.7. The van der Waals surface area contributed by atoms with E-state index in [0.717, 1.165) is 5.56 Å². The number of aromatic nitrogens is 1. The Hall–Kier alpha value is -3.20. The Balaban J connectivity index is 1.83. The van der Waals surface area contributed by atoms with Crippen LogP contribution in [0.15, 0.2) is 91.2 Å². The number of ether oxygens (including phenoxy) is 1. The zero-order valence-electron chi connectivity index (χ0n) is 18.4. The van der Waals surface area contributed by atoms with Crippen LogP contribution in [0.3, 0.4) is 0 Å². The molecule has 0 amide bonds. The standard InChI is InChI=1S/C26H18BrClN2O4S/c1-2-33-25(32)21-22(15-6-4-3-5-7-15)29-26-30(23(21)16-8-10-17(28)11-9-16)24(31)19(35-26)14-18-12-13-20(27)34-18/h3-14,23H,2H2,1H3/b19-14-. The predicted octanol–water partition coefficient (Wildman–Crippen LogP) is 4.94. The molecule has 1 aliphatic heterocycles. The lowest BCUT2D eigenvalue weighted by molar-refractivity contribution is -0.138. The minimum Gasteiger partial charge on any atom is -0.463 e. The number of nitrogens with zero attached hydrogens (tertiary/aromatic N) is 2. The van der Waals surface area contributed by atoms with Crippen LogP contribution in [0.5, 0.6) is 0 Å². The van der Waals surface area contributed by atoms with Gasteiger partial charge in [-0.05, 0) is 52.7 Å². The van der Waals surface area contributed by atoms with Crippen molar-refractivity contribution in [1.82, 2.24) is 4.57 Å². The summed E-state index contributed by atoms with van der Waals surface area (Å²) < 4.78 is 13.5. The third kappa shape index (κ3) is 4.57. The highest BCUT2D eigenvalue weighted by Gasteiger charge is 2.35. The number of furan rings is 1. The maximum absolute atomic E-state index is 13.7. The average Bonchev–Trinajstić information content (AvgIpc) is 3.41. The third-order valence-electron chi connectivity index (χ3n) is 5.43. The number of hydrogen-bond donors (Lipinski definition) is 0. The van der Waals surface area contributed by atoms with Crippen molar-refractivity contribution in [2.45, 2.75) is 13.0 Å². The van der Waals surface area contributed by atoms with Crippen LogP contribution in [0.1, 0.15) is 29.9 Å². The van der Waals surface area contributed by atoms with E-state index in [1.54, 1.807) is 49.4 Å². The van der Waals surface area contributed by atoms with Crippen LogP contribution < -0.4 is 14.9 Å². The molecular weight excluding hydrogens is 552 g/mol. The molecule has 0 saturated carbocycles. The highest BCUT2D eigenvalue weighted by Crippen LogP contribution is 2.35. The predicted molar refractivity (Wildman–Crippen MR) is 139 cm³/mol. The Morgan fingerprint density at radius 2 is 1.91 bits per heavy atom. The molecule has 1 atom stereocenters. The Labute approximate surface area is 217 Å². The molecule has 6 nitrogen and oxygen atoms in total. The number of rotatable bonds is 5. The summed E-state index contributed by atoms with van der Waals surface area (Å²) in [4.78, 5) is 32.3. The molecule has 0 aliphatic carbocycles. The molecule has 0 spiro atoms. The summed E-state index contributed by atoms with van der Waals surface area (Å²) in [6.45, 7) is 1.93. The molecule has 0 fully saturated rings. The fourth-order valence-electron chi connectivity index (χ4n) is 3.94. The fraction of sp³-hybridized carbons (Fsp3) is 0.115. The molecule has 1 unspecified atom stereocenters. The Bertz CT molecular complexity index is 1620. The molecule has 2 aromatic heterocycles. The Kier molecular flexibility index (Phi) is 6.60. The molecule has 0 bridgehead atoms. The number of carbonyl (C=O) groups excluding carboxylic acids is 1. The highest BCUT2D eigenvalue weighted by atomic mass is 79.9. The first kappa shape index (κ1) is 23.5. The van der Waals surface area contributed by atoms with E-state index in [9.17, 15) is 9.59 Å². The minimum atomic E-state index is -0.747. The lowest BCUT2D eigenvalue weighted by atomic mass is 9.93. The second-order valence-corrected chi connectivity index (χ2v) is 9.85. The number of hydrogen-bond acceptors (Lipinski definition) is 6. The molecule has 9 heteroatoms. The number of thiazole rings is 1. The van der Waals surface area contributed by atoms with Gasteiger partial charge in [0.05, 0.1) is 28.5 Å². The van der Waals surface area contributed by atoms with Gasteiger partial charge in [0.1, 0.15) is 5.76 Å². The third-order valence-corrected chi connectivity index (χ3v) is 7.09. The van der Waals surface area contributed by atoms with Gasteiger partial charge in [-0.3, -0.25) is 9.36 Å². The number of halogens is 2. The topological polar surface area (TPSA) is 73.8 Å². The monoisotopic (exact) mass is 568 g/mol. The lowest BCUT2D eigenvalue weighted by Crippen LogP contribution is -2.39. The molecule has 3 heterocycles. The maximum Gasteiger partial charge on any atom is 0.338 e. The van der Waals surface area contributed by atoms with Crippen LogP contribution in [0.25, 0.3) is 11.8 Å². The second kappa shape index (κ2) is 9.81. The van der Waals surface area contributed by atoms with E-state index >= 15 is 0 Å². The largest absolute Gasteiger partial charge is 0.463 e. The van der Waals surface area contributed by atoms with Crippen LogP contribution in [0.4, 0.5) is 0 Å². The first-order valence-electron chi connectivity index (χ1n) is 10.8. The zero-order valence-corrected chi connectivity index (χ0v) is 21.6. The maximum atomic E-state index is 13.7. The van der Waals surface area contributed by atoms with Crippen LogP contribution in [-0.2, 0) is 9.53 Å². The molecule has 1 aliphatic rings. The molecular formula is C26H18BrClN2O4S. The fourth-order valence-corrected chi connectivity index (χ4v) is 5.36. The van der Waals surface area contributed by atoms with Gasteiger partial charge >= 0.3 is 5.97 Å². The van der Waals surface area contributed by atoms with Gasteiger partial charge in [0.15, 0.2) is 9.47 Å². The van der Waals surface area contributed by atoms with Crippen molar-refractivity contribution in [2.24, 2.45) is 4.99 Å². The second-order valence-electron chi connectivity index (χ2n) is 7.62. The summed E-state index contributed by atoms with van der Waals surface area (Å²) in [6, 6.07) is 19.3. The molecule has 0 radical (unpaired) electrons. The van der Waals surface area contributed by atoms with Gasteiger partial charge in [-0.15, -0.1) is 0 Å². The normalized spacial score (nSPS) is 15.6. The summed E-state index contributed by atoms with van der Waals surface area (Å²) in [5, 5.41) is 0.550. The van der Waals surface area contributed by atoms with Crippen LogP contribution in [0.2, 0.25) is 5.02 Å². The molecule has 4 aromatic rings. The number of carbonyl (C=O) groups is 1. The van der Waals surface area contributed by atoms with Gasteiger partial charge in [-0.25, -0.2) is 9.79 Å². The quantitative estimate of drug-likeness (QED) is 0.319. The lowest BCUT2D eigenvalue weighted by Gasteiger charge is -2.25. The van der Waals surface area contributed by atoms with E-state index in [-0.39, 0.29) is 12.2 Å². The number of fused-ring (bicyclic) bond motifs is 1. The Morgan fingerprint density at radius 1 is 1.17 bits per heavy atom. The van der Waals surface area contributed by atoms with E-state index in [2.05, 4.69) is 15.9 Å². The number of benzene rings is 2. The summed E-state index contributed by atoms with van der Waals surface area (Å²) in [5.41, 5.74) is 1.95. The van der Waals surface area contributed by atoms with Crippen molar-refractivity contribution in [2.75, 3.05) is 6.61 Å². The van der Waals surface area contributed by atoms with Crippen LogP contribution in [0, 0.1) is 0 Å². The van der Waals surface area contributed by atoms with Crippen LogP contribution >= 0.6 is 38.9 Å².